The Balaban J connectivity index is 1.66. The van der Waals surface area contributed by atoms with Gasteiger partial charge in [0.25, 0.3) is 0 Å². The van der Waals surface area contributed by atoms with E-state index in [1.165, 1.54) is 45.3 Å². The number of phenolic OH excluding ortho intramolecular Hbond substituents is 1. The summed E-state index contributed by atoms with van der Waals surface area (Å²) in [6, 6.07) is 4.86. The number of carbonyl (C=O) groups is 1. The number of hydrogen-bond donors (Lipinski definition) is 1. The highest BCUT2D eigenvalue weighted by atomic mass is 16.5. The van der Waals surface area contributed by atoms with Gasteiger partial charge in [-0.15, -0.1) is 0 Å². The van der Waals surface area contributed by atoms with Gasteiger partial charge in [0.2, 0.25) is 0 Å². The number of Topliss-reactive ketones (excluding diaryl/α,β-unsaturated/α-hetero) is 1. The second kappa shape index (κ2) is 8.03. The zero-order chi connectivity index (χ0) is 15.1. The Hall–Kier alpha value is -1.55. The van der Waals surface area contributed by atoms with Crippen molar-refractivity contribution in [2.75, 3.05) is 26.2 Å². The SMILES string of the molecule is CC(=O)c1ccc(OCCCCN2CCCCC2)cc1O. The molecule has 1 fully saturated rings. The number of benzene rings is 1. The number of phenols is 1. The summed E-state index contributed by atoms with van der Waals surface area (Å²) in [6.07, 6.45) is 6.18. The van der Waals surface area contributed by atoms with Crippen LogP contribution in [0, 0.1) is 0 Å². The van der Waals surface area contributed by atoms with E-state index in [-0.39, 0.29) is 11.5 Å². The number of likely N-dealkylation sites (tertiary alicyclic amines) is 1. The fraction of sp³-hybridized carbons (Fsp3) is 0.588. The minimum absolute atomic E-state index is 0.00619. The molecule has 1 saturated heterocycles. The molecule has 4 nitrogen and oxygen atoms in total. The van der Waals surface area contributed by atoms with Gasteiger partial charge >= 0.3 is 0 Å². The fourth-order valence-electron chi connectivity index (χ4n) is 2.71. The van der Waals surface area contributed by atoms with Gasteiger partial charge < -0.3 is 14.7 Å². The number of carbonyl (C=O) groups excluding carboxylic acids is 1. The first-order chi connectivity index (χ1) is 10.2. The van der Waals surface area contributed by atoms with E-state index >= 15 is 0 Å². The van der Waals surface area contributed by atoms with Gasteiger partial charge in [0.1, 0.15) is 11.5 Å². The van der Waals surface area contributed by atoms with Crippen LogP contribution in [0.1, 0.15) is 49.4 Å². The third kappa shape index (κ3) is 5.05. The quantitative estimate of drug-likeness (QED) is 0.619. The van der Waals surface area contributed by atoms with Crippen molar-refractivity contribution in [1.82, 2.24) is 4.90 Å². The highest BCUT2D eigenvalue weighted by Crippen LogP contribution is 2.24. The standard InChI is InChI=1S/C17H25NO3/c1-14(19)16-8-7-15(13-17(16)20)21-12-6-5-11-18-9-3-2-4-10-18/h7-8,13,20H,2-6,9-12H2,1H3. The van der Waals surface area contributed by atoms with Gasteiger partial charge in [-0.1, -0.05) is 6.42 Å². The summed E-state index contributed by atoms with van der Waals surface area (Å²) in [4.78, 5) is 13.7. The number of hydrogen-bond acceptors (Lipinski definition) is 4. The molecule has 21 heavy (non-hydrogen) atoms. The molecule has 2 rings (SSSR count). The third-order valence-electron chi connectivity index (χ3n) is 3.93. The van der Waals surface area contributed by atoms with Gasteiger partial charge in [-0.25, -0.2) is 0 Å². The lowest BCUT2D eigenvalue weighted by Crippen LogP contribution is -2.30. The maximum atomic E-state index is 11.2. The van der Waals surface area contributed by atoms with E-state index in [0.29, 0.717) is 17.9 Å². The van der Waals surface area contributed by atoms with E-state index in [2.05, 4.69) is 4.90 Å². The average molecular weight is 291 g/mol. The molecule has 0 saturated carbocycles. The first-order valence-electron chi connectivity index (χ1n) is 7.86. The molecule has 0 bridgehead atoms. The largest absolute Gasteiger partial charge is 0.507 e. The van der Waals surface area contributed by atoms with Gasteiger partial charge in [0.15, 0.2) is 5.78 Å². The minimum atomic E-state index is -0.138. The van der Waals surface area contributed by atoms with Gasteiger partial charge in [0, 0.05) is 6.07 Å². The normalized spacial score (nSPS) is 15.9. The Morgan fingerprint density at radius 3 is 2.67 bits per heavy atom. The van der Waals surface area contributed by atoms with Crippen molar-refractivity contribution >= 4 is 5.78 Å². The minimum Gasteiger partial charge on any atom is -0.507 e. The molecule has 1 heterocycles. The van der Waals surface area contributed by atoms with Crippen molar-refractivity contribution in [2.45, 2.75) is 39.0 Å². The summed E-state index contributed by atoms with van der Waals surface area (Å²) in [7, 11) is 0. The molecule has 116 valence electrons. The second-order valence-electron chi connectivity index (χ2n) is 5.69. The van der Waals surface area contributed by atoms with Crippen molar-refractivity contribution in [3.8, 4) is 11.5 Å². The van der Waals surface area contributed by atoms with Crippen LogP contribution in [0.3, 0.4) is 0 Å². The molecule has 0 amide bonds. The van der Waals surface area contributed by atoms with Crippen molar-refractivity contribution < 1.29 is 14.6 Å². The molecule has 0 spiro atoms. The van der Waals surface area contributed by atoms with Crippen LogP contribution in [0.5, 0.6) is 11.5 Å². The maximum absolute atomic E-state index is 11.2. The van der Waals surface area contributed by atoms with Gasteiger partial charge in [-0.3, -0.25) is 4.79 Å². The van der Waals surface area contributed by atoms with Crippen molar-refractivity contribution in [3.63, 3.8) is 0 Å². The predicted octanol–water partition coefficient (Wildman–Crippen LogP) is 3.24. The highest BCUT2D eigenvalue weighted by Gasteiger charge is 2.09. The van der Waals surface area contributed by atoms with Gasteiger partial charge in [0.05, 0.1) is 12.2 Å². The first kappa shape index (κ1) is 15.8. The Labute approximate surface area is 126 Å². The van der Waals surface area contributed by atoms with Crippen molar-refractivity contribution in [3.05, 3.63) is 23.8 Å². The van der Waals surface area contributed by atoms with E-state index in [1.807, 2.05) is 0 Å². The van der Waals surface area contributed by atoms with E-state index in [1.54, 1.807) is 12.1 Å². The highest BCUT2D eigenvalue weighted by molar-refractivity contribution is 5.96. The van der Waals surface area contributed by atoms with Crippen LogP contribution in [0.4, 0.5) is 0 Å². The average Bonchev–Trinajstić information content (AvgIpc) is 2.47. The molecule has 0 aliphatic carbocycles. The molecule has 0 unspecified atom stereocenters. The smallest absolute Gasteiger partial charge is 0.163 e. The molecule has 0 radical (unpaired) electrons. The van der Waals surface area contributed by atoms with E-state index in [4.69, 9.17) is 4.74 Å². The zero-order valence-corrected chi connectivity index (χ0v) is 12.8. The Bertz CT molecular complexity index is 467. The van der Waals surface area contributed by atoms with Crippen LogP contribution in [-0.4, -0.2) is 42.0 Å². The van der Waals surface area contributed by atoms with Crippen LogP contribution in [0.2, 0.25) is 0 Å². The Morgan fingerprint density at radius 1 is 1.24 bits per heavy atom. The summed E-state index contributed by atoms with van der Waals surface area (Å²) in [6.45, 7) is 5.71. The van der Waals surface area contributed by atoms with E-state index < -0.39 is 0 Å². The van der Waals surface area contributed by atoms with Gasteiger partial charge in [-0.2, -0.15) is 0 Å². The predicted molar refractivity (Wildman–Crippen MR) is 83.1 cm³/mol. The molecular formula is C17H25NO3. The topological polar surface area (TPSA) is 49.8 Å². The number of ether oxygens (including phenoxy) is 1. The van der Waals surface area contributed by atoms with Crippen LogP contribution in [-0.2, 0) is 0 Å². The Kier molecular flexibility index (Phi) is 6.05. The van der Waals surface area contributed by atoms with Crippen LogP contribution in [0.15, 0.2) is 18.2 Å². The van der Waals surface area contributed by atoms with Crippen LogP contribution >= 0.6 is 0 Å². The van der Waals surface area contributed by atoms with Crippen molar-refractivity contribution in [1.29, 1.82) is 0 Å². The second-order valence-corrected chi connectivity index (χ2v) is 5.69. The molecule has 1 aromatic carbocycles. The van der Waals surface area contributed by atoms with Crippen LogP contribution < -0.4 is 4.74 Å². The molecule has 1 aliphatic heterocycles. The fourth-order valence-corrected chi connectivity index (χ4v) is 2.71. The molecular weight excluding hydrogens is 266 g/mol. The van der Waals surface area contributed by atoms with Crippen LogP contribution in [0.25, 0.3) is 0 Å². The molecule has 1 aliphatic rings. The molecule has 1 N–H and O–H groups in total. The summed E-state index contributed by atoms with van der Waals surface area (Å²) < 4.78 is 5.62. The molecule has 0 atom stereocenters. The number of nitrogens with zero attached hydrogens (tertiary/aromatic N) is 1. The van der Waals surface area contributed by atoms with E-state index in [9.17, 15) is 9.90 Å². The number of ketones is 1. The summed E-state index contributed by atoms with van der Waals surface area (Å²) in [5, 5.41) is 9.73. The monoisotopic (exact) mass is 291 g/mol. The zero-order valence-electron chi connectivity index (χ0n) is 12.8. The number of rotatable bonds is 7. The number of aromatic hydroxyl groups is 1. The summed E-state index contributed by atoms with van der Waals surface area (Å²) in [5.74, 6) is 0.476. The number of unbranched alkanes of at least 4 members (excludes halogenated alkanes) is 1. The lowest BCUT2D eigenvalue weighted by molar-refractivity contribution is 0.101. The summed E-state index contributed by atoms with van der Waals surface area (Å²) in [5.41, 5.74) is 0.340. The van der Waals surface area contributed by atoms with E-state index in [0.717, 1.165) is 19.4 Å². The lowest BCUT2D eigenvalue weighted by Gasteiger charge is -2.26. The Morgan fingerprint density at radius 2 is 2.00 bits per heavy atom. The number of piperidine rings is 1. The molecule has 0 aromatic heterocycles. The van der Waals surface area contributed by atoms with Gasteiger partial charge in [-0.05, 0) is 64.4 Å². The van der Waals surface area contributed by atoms with Crippen molar-refractivity contribution in [2.24, 2.45) is 0 Å². The molecule has 4 heteroatoms. The first-order valence-corrected chi connectivity index (χ1v) is 7.86. The third-order valence-corrected chi connectivity index (χ3v) is 3.93. The maximum Gasteiger partial charge on any atom is 0.163 e. The molecule has 1 aromatic rings. The summed E-state index contributed by atoms with van der Waals surface area (Å²) >= 11 is 0. The lowest BCUT2D eigenvalue weighted by atomic mass is 10.1.